The van der Waals surface area contributed by atoms with Gasteiger partial charge in [0.05, 0.1) is 74.0 Å². The third-order valence-electron chi connectivity index (χ3n) is 16.9. The molecule has 0 aliphatic heterocycles. The number of ether oxygens (including phenoxy) is 6. The summed E-state index contributed by atoms with van der Waals surface area (Å²) in [4.78, 5) is 52.6. The molecule has 0 saturated heterocycles. The van der Waals surface area contributed by atoms with Crippen molar-refractivity contribution in [1.82, 2.24) is 0 Å². The molecule has 550 valence electrons. The van der Waals surface area contributed by atoms with E-state index in [1.807, 2.05) is 170 Å². The van der Waals surface area contributed by atoms with Gasteiger partial charge in [-0.3, -0.25) is 29.8 Å². The number of unbranched alkanes of at least 4 members (excludes halogenated alkanes) is 16. The second kappa shape index (κ2) is 48.2. The minimum absolute atomic E-state index is 0.0121. The molecule has 18 nitrogen and oxygen atoms in total. The first-order chi connectivity index (χ1) is 51.9. The Balaban J connectivity index is 0.000000298. The van der Waals surface area contributed by atoms with Gasteiger partial charge in [-0.2, -0.15) is 10.2 Å². The SMILES string of the molecule is [C-]#[N+]/C(=C\c1ccc(-c2ccc(OCCCCCC)cc2)cc1)C(=O)OCCCCCCCCCCCCOc1ccc(N=Nc2ccc([N+](=O)[O-])cc2)cc1.[C-]#[N+]/C(=C\c1ccc(/C=C/c2ccc(OCCCCCC)cc2)cc1)C(=O)OCCCCOc1ccc(/C=C/c2ccc([N+](=O)[O-])cc2)cc1. The van der Waals surface area contributed by atoms with Crippen molar-refractivity contribution in [2.75, 3.05) is 39.6 Å². The fourth-order valence-corrected chi connectivity index (χ4v) is 10.7. The Morgan fingerprint density at radius 1 is 0.340 bits per heavy atom. The predicted octanol–water partition coefficient (Wildman–Crippen LogP) is 24.0. The topological polar surface area (TPSA) is 209 Å². The van der Waals surface area contributed by atoms with Crippen molar-refractivity contribution in [2.24, 2.45) is 10.2 Å². The third kappa shape index (κ3) is 31.9. The van der Waals surface area contributed by atoms with Gasteiger partial charge in [0.25, 0.3) is 22.8 Å². The normalized spacial score (nSPS) is 11.4. The Morgan fingerprint density at radius 2 is 0.585 bits per heavy atom. The molecule has 0 amide bonds. The summed E-state index contributed by atoms with van der Waals surface area (Å²) in [7, 11) is 0. The number of hydrogen-bond donors (Lipinski definition) is 0. The number of rotatable bonds is 45. The van der Waals surface area contributed by atoms with Crippen LogP contribution in [0.25, 0.3) is 57.3 Å². The number of nitro groups is 2. The average Bonchev–Trinajstić information content (AvgIpc) is 0.855. The Bertz CT molecular complexity index is 4180. The smallest absolute Gasteiger partial charge is 0.336 e. The zero-order valence-corrected chi connectivity index (χ0v) is 60.9. The fourth-order valence-electron chi connectivity index (χ4n) is 10.7. The summed E-state index contributed by atoms with van der Waals surface area (Å²) in [6, 6.07) is 58.8. The maximum atomic E-state index is 12.6. The van der Waals surface area contributed by atoms with E-state index in [1.165, 1.54) is 101 Å². The van der Waals surface area contributed by atoms with E-state index in [1.54, 1.807) is 30.3 Å². The molecule has 0 unspecified atom stereocenters. The van der Waals surface area contributed by atoms with Crippen LogP contribution < -0.4 is 18.9 Å². The Kier molecular flexibility index (Phi) is 37.1. The highest BCUT2D eigenvalue weighted by atomic mass is 16.6. The van der Waals surface area contributed by atoms with Crippen LogP contribution >= 0.6 is 0 Å². The first kappa shape index (κ1) is 81.5. The highest BCUT2D eigenvalue weighted by Crippen LogP contribution is 2.27. The summed E-state index contributed by atoms with van der Waals surface area (Å²) >= 11 is 0. The van der Waals surface area contributed by atoms with Crippen LogP contribution in [0.5, 0.6) is 23.0 Å². The van der Waals surface area contributed by atoms with Gasteiger partial charge < -0.3 is 28.4 Å². The summed E-state index contributed by atoms with van der Waals surface area (Å²) in [6.45, 7) is 22.5. The van der Waals surface area contributed by atoms with Crippen molar-refractivity contribution in [3.05, 3.63) is 282 Å². The number of nitrogens with zero attached hydrogens (tertiary/aromatic N) is 6. The summed E-state index contributed by atoms with van der Waals surface area (Å²) in [5.74, 6) is 2.05. The van der Waals surface area contributed by atoms with E-state index in [0.717, 1.165) is 126 Å². The molecular formula is C88H96N6O12. The average molecular weight is 1430 g/mol. The van der Waals surface area contributed by atoms with Crippen molar-refractivity contribution in [1.29, 1.82) is 0 Å². The zero-order chi connectivity index (χ0) is 75.0. The molecule has 8 rings (SSSR count). The van der Waals surface area contributed by atoms with Gasteiger partial charge in [-0.05, 0) is 180 Å². The zero-order valence-electron chi connectivity index (χ0n) is 60.9. The second-order valence-electron chi connectivity index (χ2n) is 25.2. The second-order valence-corrected chi connectivity index (χ2v) is 25.2. The summed E-state index contributed by atoms with van der Waals surface area (Å²) in [6.07, 6.45) is 32.7. The first-order valence-corrected chi connectivity index (χ1v) is 36.8. The number of non-ortho nitro benzene ring substituents is 2. The van der Waals surface area contributed by atoms with Crippen LogP contribution in [0.4, 0.5) is 22.7 Å². The number of benzene rings is 8. The number of carbonyl (C=O) groups is 2. The summed E-state index contributed by atoms with van der Waals surface area (Å²) in [5.41, 5.74) is 8.78. The van der Waals surface area contributed by atoms with E-state index >= 15 is 0 Å². The van der Waals surface area contributed by atoms with E-state index in [9.17, 15) is 29.8 Å². The lowest BCUT2D eigenvalue weighted by Crippen LogP contribution is -2.08. The van der Waals surface area contributed by atoms with Crippen LogP contribution in [0, 0.1) is 33.4 Å². The highest BCUT2D eigenvalue weighted by molar-refractivity contribution is 5.96. The Morgan fingerprint density at radius 3 is 0.934 bits per heavy atom. The van der Waals surface area contributed by atoms with Crippen molar-refractivity contribution in [2.45, 2.75) is 142 Å². The van der Waals surface area contributed by atoms with Crippen molar-refractivity contribution in [3.63, 3.8) is 0 Å². The number of nitro benzene ring substituents is 2. The third-order valence-corrected chi connectivity index (χ3v) is 16.9. The van der Waals surface area contributed by atoms with Crippen molar-refractivity contribution in [3.8, 4) is 34.1 Å². The highest BCUT2D eigenvalue weighted by Gasteiger charge is 2.14. The maximum absolute atomic E-state index is 12.6. The number of esters is 2. The van der Waals surface area contributed by atoms with Crippen molar-refractivity contribution < 1.29 is 47.9 Å². The van der Waals surface area contributed by atoms with Gasteiger partial charge in [-0.15, -0.1) is 0 Å². The van der Waals surface area contributed by atoms with E-state index < -0.39 is 21.8 Å². The molecule has 0 aromatic heterocycles. The van der Waals surface area contributed by atoms with Crippen LogP contribution in [0.2, 0.25) is 0 Å². The molecule has 0 fully saturated rings. The molecule has 18 heteroatoms. The van der Waals surface area contributed by atoms with E-state index in [0.29, 0.717) is 44.0 Å². The minimum atomic E-state index is -0.643. The lowest BCUT2D eigenvalue weighted by molar-refractivity contribution is -0.385. The van der Waals surface area contributed by atoms with Crippen molar-refractivity contribution >= 4 is 71.1 Å². The van der Waals surface area contributed by atoms with Crippen LogP contribution in [-0.4, -0.2) is 61.4 Å². The van der Waals surface area contributed by atoms with Gasteiger partial charge in [0.2, 0.25) is 0 Å². The molecule has 106 heavy (non-hydrogen) atoms. The quantitative estimate of drug-likeness (QED) is 0.00510. The standard InChI is InChI=1S/C46H54N4O6.C42H42N2O6/c1-3-4-5-14-33-54-43-29-21-39(22-30-43)38-19-17-37(18-20-38)36-45(47-2)46(51)56-35-16-13-11-9-7-6-8-10-12-15-34-55-44-31-25-41(26-32-44)49-48-40-23-27-42(28-24-40)50(52)53;1-3-4-5-6-29-48-39-25-19-35(20-26-39)11-9-33-13-15-37(16-14-33)32-41(43-2)42(45)50-31-8-7-30-49-40-27-21-36(22-28-40)12-10-34-17-23-38(24-18-34)44(46)47/h17-32,36H,3-16,33-35H2,1H3;9-28,32H,3-8,29-31H2,1H3/b45-36-,49-48?;11-9+,12-10+,41-32-. The molecular weight excluding hydrogens is 1330 g/mol. The summed E-state index contributed by atoms with van der Waals surface area (Å²) < 4.78 is 34.1. The first-order valence-electron chi connectivity index (χ1n) is 36.8. The molecule has 8 aromatic carbocycles. The maximum Gasteiger partial charge on any atom is 0.336 e. The molecule has 0 radical (unpaired) electrons. The van der Waals surface area contributed by atoms with Gasteiger partial charge >= 0.3 is 11.9 Å². The molecule has 0 N–H and O–H groups in total. The molecule has 0 heterocycles. The molecule has 0 atom stereocenters. The Hall–Kier alpha value is -11.8. The van der Waals surface area contributed by atoms with Crippen LogP contribution in [0.1, 0.15) is 176 Å². The van der Waals surface area contributed by atoms with Crippen LogP contribution in [0.15, 0.2) is 216 Å². The monoisotopic (exact) mass is 1430 g/mol. The predicted molar refractivity (Wildman–Crippen MR) is 423 cm³/mol. The van der Waals surface area contributed by atoms with Gasteiger partial charge in [-0.25, -0.2) is 9.69 Å². The van der Waals surface area contributed by atoms with Gasteiger partial charge in [0.15, 0.2) is 0 Å². The molecule has 0 bridgehead atoms. The largest absolute Gasteiger partial charge is 0.494 e. The fraction of sp³-hybridized carbons (Fsp3) is 0.318. The van der Waals surface area contributed by atoms with Gasteiger partial charge in [0.1, 0.15) is 23.0 Å². The van der Waals surface area contributed by atoms with Gasteiger partial charge in [-0.1, -0.05) is 213 Å². The number of azo groups is 1. The molecule has 0 aliphatic rings. The Labute approximate surface area is 624 Å². The molecule has 0 aliphatic carbocycles. The van der Waals surface area contributed by atoms with E-state index in [4.69, 9.17) is 41.6 Å². The van der Waals surface area contributed by atoms with Gasteiger partial charge in [0, 0.05) is 24.3 Å². The summed E-state index contributed by atoms with van der Waals surface area (Å²) in [5, 5.41) is 29.9. The number of carbonyl (C=O) groups excluding carboxylic acids is 2. The van der Waals surface area contributed by atoms with E-state index in [-0.39, 0.29) is 29.4 Å². The lowest BCUT2D eigenvalue weighted by atomic mass is 10.0. The number of hydrogen-bond acceptors (Lipinski definition) is 14. The van der Waals surface area contributed by atoms with E-state index in [2.05, 4.69) is 33.8 Å². The minimum Gasteiger partial charge on any atom is -0.494 e. The molecule has 8 aromatic rings. The molecule has 0 spiro atoms. The molecule has 0 saturated carbocycles. The lowest BCUT2D eigenvalue weighted by Gasteiger charge is -2.08. The van der Waals surface area contributed by atoms with Crippen LogP contribution in [-0.2, 0) is 19.1 Å². The van der Waals surface area contributed by atoms with Crippen LogP contribution in [0.3, 0.4) is 0 Å².